The zero-order chi connectivity index (χ0) is 26.5. The van der Waals surface area contributed by atoms with Gasteiger partial charge in [-0.1, -0.05) is 55.6 Å². The molecule has 0 radical (unpaired) electrons. The predicted molar refractivity (Wildman–Crippen MR) is 144 cm³/mol. The van der Waals surface area contributed by atoms with E-state index in [-0.39, 0.29) is 23.0 Å². The summed E-state index contributed by atoms with van der Waals surface area (Å²) in [5.41, 5.74) is 3.61. The fraction of sp³-hybridized carbons (Fsp3) is 0.172. The number of hydrogen-bond acceptors (Lipinski definition) is 6. The first-order chi connectivity index (χ1) is 17.8. The van der Waals surface area contributed by atoms with Gasteiger partial charge in [0, 0.05) is 16.6 Å². The number of halogens is 1. The zero-order valence-electron chi connectivity index (χ0n) is 20.5. The molecule has 0 saturated carbocycles. The summed E-state index contributed by atoms with van der Waals surface area (Å²) in [5, 5.41) is 3.66. The summed E-state index contributed by atoms with van der Waals surface area (Å²) in [6, 6.07) is 17.8. The maximum absolute atomic E-state index is 13.2. The molecule has 0 aliphatic heterocycles. The van der Waals surface area contributed by atoms with E-state index in [1.807, 2.05) is 30.3 Å². The molecule has 4 rings (SSSR count). The van der Waals surface area contributed by atoms with E-state index in [0.29, 0.717) is 34.0 Å². The molecule has 0 spiro atoms. The lowest BCUT2D eigenvalue weighted by Crippen LogP contribution is -2.17. The first kappa shape index (κ1) is 25.7. The van der Waals surface area contributed by atoms with Crippen LogP contribution in [-0.4, -0.2) is 35.6 Å². The highest BCUT2D eigenvalue weighted by molar-refractivity contribution is 6.33. The van der Waals surface area contributed by atoms with Gasteiger partial charge in [0.15, 0.2) is 0 Å². The van der Waals surface area contributed by atoms with Crippen molar-refractivity contribution in [2.45, 2.75) is 19.8 Å². The Labute approximate surface area is 219 Å². The van der Waals surface area contributed by atoms with Crippen LogP contribution in [0.5, 0.6) is 5.75 Å². The predicted octanol–water partition coefficient (Wildman–Crippen LogP) is 6.12. The average Bonchev–Trinajstić information content (AvgIpc) is 2.91. The molecule has 0 fully saturated rings. The van der Waals surface area contributed by atoms with Crippen LogP contribution >= 0.6 is 11.6 Å². The summed E-state index contributed by atoms with van der Waals surface area (Å²) in [5.74, 6) is 2.19. The number of terminal acetylenes is 1. The van der Waals surface area contributed by atoms with Crippen molar-refractivity contribution in [2.24, 2.45) is 0 Å². The Bertz CT molecular complexity index is 1530. The first-order valence-electron chi connectivity index (χ1n) is 11.5. The van der Waals surface area contributed by atoms with Gasteiger partial charge in [0.05, 0.1) is 28.9 Å². The third kappa shape index (κ3) is 5.71. The van der Waals surface area contributed by atoms with Crippen molar-refractivity contribution >= 4 is 40.1 Å². The van der Waals surface area contributed by atoms with Gasteiger partial charge in [0.2, 0.25) is 5.82 Å². The van der Waals surface area contributed by atoms with Crippen molar-refractivity contribution in [3.05, 3.63) is 82.6 Å². The second-order valence-corrected chi connectivity index (χ2v) is 8.89. The number of carbonyl (C=O) groups excluding carboxylic acids is 2. The minimum absolute atomic E-state index is 0.0395. The van der Waals surface area contributed by atoms with E-state index in [1.165, 1.54) is 24.8 Å². The van der Waals surface area contributed by atoms with E-state index < -0.39 is 11.9 Å². The minimum atomic E-state index is -0.613. The molecule has 4 aromatic rings. The van der Waals surface area contributed by atoms with E-state index in [0.717, 1.165) is 5.56 Å². The van der Waals surface area contributed by atoms with Crippen LogP contribution in [-0.2, 0) is 4.74 Å². The molecule has 7 nitrogen and oxygen atoms in total. The molecule has 0 bridgehead atoms. The van der Waals surface area contributed by atoms with Gasteiger partial charge in [-0.25, -0.2) is 14.8 Å². The number of carbonyl (C=O) groups is 2. The van der Waals surface area contributed by atoms with Crippen LogP contribution < -0.4 is 10.1 Å². The largest absolute Gasteiger partial charge is 0.481 e. The SMILES string of the molecule is C#CCOc1ccc2nc(C(=O)Nc3ccc(Cl)c(C(=O)OC)c3)nc(-c3ccc(C(C)C)cc3)c2c1. The number of nitrogens with one attached hydrogen (secondary N) is 1. The summed E-state index contributed by atoms with van der Waals surface area (Å²) < 4.78 is 10.3. The summed E-state index contributed by atoms with van der Waals surface area (Å²) in [6.07, 6.45) is 5.33. The molecule has 0 unspecified atom stereocenters. The van der Waals surface area contributed by atoms with Crippen LogP contribution in [0.2, 0.25) is 5.02 Å². The van der Waals surface area contributed by atoms with Crippen LogP contribution in [0.3, 0.4) is 0 Å². The fourth-order valence-corrected chi connectivity index (χ4v) is 3.92. The summed E-state index contributed by atoms with van der Waals surface area (Å²) in [6.45, 7) is 4.37. The van der Waals surface area contributed by atoms with Gasteiger partial charge in [-0.15, -0.1) is 6.42 Å². The number of benzene rings is 3. The number of amides is 1. The molecule has 1 N–H and O–H groups in total. The maximum Gasteiger partial charge on any atom is 0.339 e. The van der Waals surface area contributed by atoms with E-state index in [9.17, 15) is 9.59 Å². The number of hydrogen-bond donors (Lipinski definition) is 1. The molecule has 186 valence electrons. The average molecular weight is 514 g/mol. The lowest BCUT2D eigenvalue weighted by Gasteiger charge is -2.12. The first-order valence-corrected chi connectivity index (χ1v) is 11.9. The van der Waals surface area contributed by atoms with Crippen molar-refractivity contribution in [1.82, 2.24) is 9.97 Å². The number of nitrogens with zero attached hydrogens (tertiary/aromatic N) is 2. The van der Waals surface area contributed by atoms with Crippen molar-refractivity contribution in [3.63, 3.8) is 0 Å². The van der Waals surface area contributed by atoms with Crippen LogP contribution in [0.25, 0.3) is 22.2 Å². The number of esters is 1. The quantitative estimate of drug-likeness (QED) is 0.236. The summed E-state index contributed by atoms with van der Waals surface area (Å²) in [4.78, 5) is 34.3. The number of aromatic nitrogens is 2. The minimum Gasteiger partial charge on any atom is -0.481 e. The Kier molecular flexibility index (Phi) is 7.71. The molecule has 0 aliphatic rings. The smallest absolute Gasteiger partial charge is 0.339 e. The van der Waals surface area contributed by atoms with Crippen molar-refractivity contribution in [3.8, 4) is 29.4 Å². The van der Waals surface area contributed by atoms with Crippen molar-refractivity contribution in [1.29, 1.82) is 0 Å². The van der Waals surface area contributed by atoms with Gasteiger partial charge in [-0.05, 0) is 47.9 Å². The molecule has 0 atom stereocenters. The van der Waals surface area contributed by atoms with E-state index in [1.54, 1.807) is 18.2 Å². The molecule has 8 heteroatoms. The van der Waals surface area contributed by atoms with Crippen LogP contribution in [0.4, 0.5) is 5.69 Å². The number of fused-ring (bicyclic) bond motifs is 1. The Morgan fingerprint density at radius 1 is 1.05 bits per heavy atom. The summed E-state index contributed by atoms with van der Waals surface area (Å²) >= 11 is 6.09. The van der Waals surface area contributed by atoms with Gasteiger partial charge in [-0.3, -0.25) is 4.79 Å². The Balaban J connectivity index is 1.77. The van der Waals surface area contributed by atoms with Gasteiger partial charge < -0.3 is 14.8 Å². The molecule has 0 saturated heterocycles. The molecule has 3 aromatic carbocycles. The van der Waals surface area contributed by atoms with E-state index >= 15 is 0 Å². The van der Waals surface area contributed by atoms with E-state index in [2.05, 4.69) is 35.1 Å². The lowest BCUT2D eigenvalue weighted by atomic mass is 9.99. The van der Waals surface area contributed by atoms with Gasteiger partial charge >= 0.3 is 5.97 Å². The Morgan fingerprint density at radius 2 is 1.81 bits per heavy atom. The molecule has 1 heterocycles. The van der Waals surface area contributed by atoms with Crippen LogP contribution in [0.1, 0.15) is 46.3 Å². The van der Waals surface area contributed by atoms with Gasteiger partial charge in [-0.2, -0.15) is 0 Å². The highest BCUT2D eigenvalue weighted by Gasteiger charge is 2.18. The molecular formula is C29H24ClN3O4. The van der Waals surface area contributed by atoms with E-state index in [4.69, 9.17) is 27.5 Å². The third-order valence-electron chi connectivity index (χ3n) is 5.67. The number of anilines is 1. The van der Waals surface area contributed by atoms with Crippen molar-refractivity contribution < 1.29 is 19.1 Å². The Morgan fingerprint density at radius 3 is 2.49 bits per heavy atom. The molecule has 37 heavy (non-hydrogen) atoms. The summed E-state index contributed by atoms with van der Waals surface area (Å²) in [7, 11) is 1.26. The normalized spacial score (nSPS) is 10.7. The number of rotatable bonds is 7. The van der Waals surface area contributed by atoms with Crippen LogP contribution in [0, 0.1) is 12.3 Å². The number of methoxy groups -OCH3 is 1. The fourth-order valence-electron chi connectivity index (χ4n) is 3.73. The second-order valence-electron chi connectivity index (χ2n) is 8.48. The molecular weight excluding hydrogens is 490 g/mol. The van der Waals surface area contributed by atoms with Crippen LogP contribution in [0.15, 0.2) is 60.7 Å². The number of ether oxygens (including phenoxy) is 2. The Hall–Kier alpha value is -4.41. The lowest BCUT2D eigenvalue weighted by molar-refractivity contribution is 0.0600. The zero-order valence-corrected chi connectivity index (χ0v) is 21.3. The van der Waals surface area contributed by atoms with Gasteiger partial charge in [0.1, 0.15) is 12.4 Å². The topological polar surface area (TPSA) is 90.4 Å². The highest BCUT2D eigenvalue weighted by atomic mass is 35.5. The second kappa shape index (κ2) is 11.1. The maximum atomic E-state index is 13.2. The third-order valence-corrected chi connectivity index (χ3v) is 6.00. The molecule has 1 aromatic heterocycles. The molecule has 1 amide bonds. The monoisotopic (exact) mass is 513 g/mol. The standard InChI is InChI=1S/C29H24ClN3O4/c1-5-14-37-21-11-13-25-23(16-21)26(19-8-6-18(7-9-19)17(2)3)33-27(32-25)28(34)31-20-10-12-24(30)22(15-20)29(35)36-4/h1,6-13,15-17H,14H2,2-4H3,(H,31,34). The molecule has 0 aliphatic carbocycles. The van der Waals surface area contributed by atoms with Crippen molar-refractivity contribution in [2.75, 3.05) is 19.0 Å². The highest BCUT2D eigenvalue weighted by Crippen LogP contribution is 2.31. The van der Waals surface area contributed by atoms with Gasteiger partial charge in [0.25, 0.3) is 5.91 Å².